The first-order valence-corrected chi connectivity index (χ1v) is 5.53. The molecule has 3 nitrogen and oxygen atoms in total. The first-order valence-electron chi connectivity index (χ1n) is 5.53. The van der Waals surface area contributed by atoms with Gasteiger partial charge < -0.3 is 4.98 Å². The third-order valence-corrected chi connectivity index (χ3v) is 3.12. The Bertz CT molecular complexity index is 840. The van der Waals surface area contributed by atoms with Crippen LogP contribution in [0, 0.1) is 0 Å². The highest BCUT2D eigenvalue weighted by Gasteiger charge is 2.08. The van der Waals surface area contributed by atoms with Crippen LogP contribution in [-0.4, -0.2) is 15.0 Å². The fourth-order valence-corrected chi connectivity index (χ4v) is 2.37. The lowest BCUT2D eigenvalue weighted by Crippen LogP contribution is -1.78. The molecule has 1 N–H and O–H groups in total. The van der Waals surface area contributed by atoms with Gasteiger partial charge in [-0.1, -0.05) is 30.3 Å². The number of aromatic nitrogens is 3. The van der Waals surface area contributed by atoms with Crippen LogP contribution in [0.2, 0.25) is 0 Å². The van der Waals surface area contributed by atoms with E-state index in [1.807, 2.05) is 0 Å². The summed E-state index contributed by atoms with van der Waals surface area (Å²) >= 11 is 0. The van der Waals surface area contributed by atoms with Gasteiger partial charge in [-0.3, -0.25) is 4.98 Å². The van der Waals surface area contributed by atoms with Gasteiger partial charge in [0.1, 0.15) is 5.52 Å². The van der Waals surface area contributed by atoms with Crippen molar-refractivity contribution >= 4 is 32.8 Å². The summed E-state index contributed by atoms with van der Waals surface area (Å²) in [4.78, 5) is 12.0. The van der Waals surface area contributed by atoms with Crippen molar-refractivity contribution in [3.63, 3.8) is 0 Å². The van der Waals surface area contributed by atoms with Crippen LogP contribution in [0.3, 0.4) is 0 Å². The molecule has 0 fully saturated rings. The molecule has 0 bridgehead atoms. The minimum absolute atomic E-state index is 0.846. The van der Waals surface area contributed by atoms with Crippen molar-refractivity contribution in [1.29, 1.82) is 0 Å². The monoisotopic (exact) mass is 219 g/mol. The third-order valence-electron chi connectivity index (χ3n) is 3.12. The molecule has 3 heteroatoms. The van der Waals surface area contributed by atoms with E-state index in [1.54, 1.807) is 12.4 Å². The number of benzene rings is 2. The van der Waals surface area contributed by atoms with Crippen molar-refractivity contribution in [1.82, 2.24) is 15.0 Å². The van der Waals surface area contributed by atoms with Gasteiger partial charge in [0.15, 0.2) is 5.65 Å². The molecule has 0 atom stereocenters. The predicted molar refractivity (Wildman–Crippen MR) is 68.9 cm³/mol. The van der Waals surface area contributed by atoms with Crippen LogP contribution >= 0.6 is 0 Å². The maximum atomic E-state index is 4.43. The number of hydrogen-bond donors (Lipinski definition) is 1. The summed E-state index contributed by atoms with van der Waals surface area (Å²) in [6.07, 6.45) is 3.44. The minimum atomic E-state index is 0.846. The summed E-state index contributed by atoms with van der Waals surface area (Å²) in [6.45, 7) is 0. The standard InChI is InChI=1S/C14H9N3/c1-2-4-10-9(3-1)5-6-11-12(10)13-14(17-11)16-8-7-15-13/h1-8H,(H,16,17). The zero-order valence-electron chi connectivity index (χ0n) is 9.01. The van der Waals surface area contributed by atoms with Gasteiger partial charge in [-0.05, 0) is 16.8 Å². The van der Waals surface area contributed by atoms with Gasteiger partial charge >= 0.3 is 0 Å². The van der Waals surface area contributed by atoms with E-state index in [9.17, 15) is 0 Å². The van der Waals surface area contributed by atoms with Gasteiger partial charge in [-0.25, -0.2) is 4.98 Å². The van der Waals surface area contributed by atoms with Crippen molar-refractivity contribution in [2.45, 2.75) is 0 Å². The van der Waals surface area contributed by atoms with Crippen LogP contribution < -0.4 is 0 Å². The maximum Gasteiger partial charge on any atom is 0.157 e. The highest BCUT2D eigenvalue weighted by molar-refractivity contribution is 6.17. The van der Waals surface area contributed by atoms with Gasteiger partial charge in [-0.15, -0.1) is 0 Å². The summed E-state index contributed by atoms with van der Waals surface area (Å²) < 4.78 is 0. The average molecular weight is 219 g/mol. The SMILES string of the molecule is c1ccc2c(c1)ccc1[nH]c3nccnc3c12. The van der Waals surface area contributed by atoms with Crippen molar-refractivity contribution in [2.75, 3.05) is 0 Å². The number of hydrogen-bond acceptors (Lipinski definition) is 2. The molecule has 0 unspecified atom stereocenters. The Morgan fingerprint density at radius 3 is 2.76 bits per heavy atom. The van der Waals surface area contributed by atoms with Crippen molar-refractivity contribution in [3.05, 3.63) is 48.8 Å². The van der Waals surface area contributed by atoms with Gasteiger partial charge in [-0.2, -0.15) is 0 Å². The van der Waals surface area contributed by atoms with E-state index >= 15 is 0 Å². The maximum absolute atomic E-state index is 4.43. The molecule has 17 heavy (non-hydrogen) atoms. The number of nitrogens with one attached hydrogen (secondary N) is 1. The number of nitrogens with zero attached hydrogens (tertiary/aromatic N) is 2. The highest BCUT2D eigenvalue weighted by atomic mass is 14.9. The molecule has 0 saturated heterocycles. The Labute approximate surface area is 97.1 Å². The molecule has 4 aromatic rings. The second-order valence-corrected chi connectivity index (χ2v) is 4.09. The summed E-state index contributed by atoms with van der Waals surface area (Å²) in [7, 11) is 0. The molecule has 80 valence electrons. The lowest BCUT2D eigenvalue weighted by Gasteiger charge is -1.98. The van der Waals surface area contributed by atoms with Crippen molar-refractivity contribution in [2.24, 2.45) is 0 Å². The molecule has 0 spiro atoms. The highest BCUT2D eigenvalue weighted by Crippen LogP contribution is 2.29. The smallest absolute Gasteiger partial charge is 0.157 e. The Morgan fingerprint density at radius 2 is 1.76 bits per heavy atom. The first-order chi connectivity index (χ1) is 8.43. The predicted octanol–water partition coefficient (Wildman–Crippen LogP) is 3.26. The number of rotatable bonds is 0. The lowest BCUT2D eigenvalue weighted by molar-refractivity contribution is 1.27. The van der Waals surface area contributed by atoms with E-state index in [4.69, 9.17) is 0 Å². The second kappa shape index (κ2) is 3.04. The second-order valence-electron chi connectivity index (χ2n) is 4.09. The summed E-state index contributed by atoms with van der Waals surface area (Å²) in [6, 6.07) is 12.5. The largest absolute Gasteiger partial charge is 0.338 e. The molecular formula is C14H9N3. The molecule has 0 radical (unpaired) electrons. The number of H-pyrrole nitrogens is 1. The van der Waals surface area contributed by atoms with Crippen LogP contribution in [0.15, 0.2) is 48.8 Å². The van der Waals surface area contributed by atoms with E-state index in [2.05, 4.69) is 51.4 Å². The summed E-state index contributed by atoms with van der Waals surface area (Å²) in [5, 5.41) is 3.61. The fourth-order valence-electron chi connectivity index (χ4n) is 2.37. The molecule has 4 rings (SSSR count). The van der Waals surface area contributed by atoms with Crippen molar-refractivity contribution < 1.29 is 0 Å². The Hall–Kier alpha value is -2.42. The molecule has 0 amide bonds. The van der Waals surface area contributed by atoms with E-state index in [-0.39, 0.29) is 0 Å². The Morgan fingerprint density at radius 1 is 0.882 bits per heavy atom. The lowest BCUT2D eigenvalue weighted by atomic mass is 10.1. The summed E-state index contributed by atoms with van der Waals surface area (Å²) in [5.41, 5.74) is 2.88. The summed E-state index contributed by atoms with van der Waals surface area (Å²) in [5.74, 6) is 0. The molecule has 0 aliphatic heterocycles. The van der Waals surface area contributed by atoms with Crippen LogP contribution in [0.4, 0.5) is 0 Å². The van der Waals surface area contributed by atoms with Crippen LogP contribution in [0.25, 0.3) is 32.8 Å². The quantitative estimate of drug-likeness (QED) is 0.493. The topological polar surface area (TPSA) is 41.6 Å². The van der Waals surface area contributed by atoms with E-state index in [1.165, 1.54) is 10.8 Å². The number of aromatic amines is 1. The minimum Gasteiger partial charge on any atom is -0.338 e. The Kier molecular flexibility index (Phi) is 1.56. The molecule has 0 aliphatic rings. The van der Waals surface area contributed by atoms with E-state index in [0.717, 1.165) is 22.1 Å². The zero-order valence-corrected chi connectivity index (χ0v) is 9.01. The molecular weight excluding hydrogens is 210 g/mol. The first kappa shape index (κ1) is 8.70. The zero-order chi connectivity index (χ0) is 11.2. The third kappa shape index (κ3) is 1.11. The average Bonchev–Trinajstić information content (AvgIpc) is 2.77. The molecule has 0 aliphatic carbocycles. The van der Waals surface area contributed by atoms with Gasteiger partial charge in [0.05, 0.1) is 0 Å². The Balaban J connectivity index is 2.38. The fraction of sp³-hybridized carbons (Fsp3) is 0. The number of fused-ring (bicyclic) bond motifs is 5. The van der Waals surface area contributed by atoms with E-state index < -0.39 is 0 Å². The van der Waals surface area contributed by atoms with Gasteiger partial charge in [0, 0.05) is 23.3 Å². The molecule has 2 aromatic carbocycles. The van der Waals surface area contributed by atoms with Gasteiger partial charge in [0.25, 0.3) is 0 Å². The van der Waals surface area contributed by atoms with E-state index in [0.29, 0.717) is 0 Å². The van der Waals surface area contributed by atoms with Crippen LogP contribution in [-0.2, 0) is 0 Å². The van der Waals surface area contributed by atoms with Gasteiger partial charge in [0.2, 0.25) is 0 Å². The van der Waals surface area contributed by atoms with Crippen molar-refractivity contribution in [3.8, 4) is 0 Å². The van der Waals surface area contributed by atoms with Crippen LogP contribution in [0.5, 0.6) is 0 Å². The molecule has 2 heterocycles. The molecule has 2 aromatic heterocycles. The molecule has 0 saturated carbocycles. The normalized spacial score (nSPS) is 11.5. The van der Waals surface area contributed by atoms with Crippen LogP contribution in [0.1, 0.15) is 0 Å².